The van der Waals surface area contributed by atoms with Gasteiger partial charge in [-0.15, -0.1) is 0 Å². The van der Waals surface area contributed by atoms with Gasteiger partial charge in [0.15, 0.2) is 23.3 Å². The molecule has 0 aromatic heterocycles. The highest BCUT2D eigenvalue weighted by atomic mass is 19.2. The maximum atomic E-state index is 13.3. The molecular weight excluding hydrogens is 390 g/mol. The van der Waals surface area contributed by atoms with Crippen molar-refractivity contribution in [1.29, 1.82) is 0 Å². The lowest BCUT2D eigenvalue weighted by Gasteiger charge is -2.21. The fourth-order valence-corrected chi connectivity index (χ4v) is 2.55. The van der Waals surface area contributed by atoms with E-state index in [0.717, 1.165) is 37.1 Å². The van der Waals surface area contributed by atoms with E-state index in [1.165, 1.54) is 12.1 Å². The molecule has 0 radical (unpaired) electrons. The Labute approximate surface area is 165 Å². The van der Waals surface area contributed by atoms with Gasteiger partial charge in [0.1, 0.15) is 0 Å². The van der Waals surface area contributed by atoms with Gasteiger partial charge in [-0.1, -0.05) is 13.3 Å². The largest absolute Gasteiger partial charge is 0.325 e. The van der Waals surface area contributed by atoms with E-state index in [4.69, 9.17) is 0 Å². The topological polar surface area (TPSA) is 61.4 Å². The van der Waals surface area contributed by atoms with E-state index in [0.29, 0.717) is 6.54 Å². The highest BCUT2D eigenvalue weighted by Gasteiger charge is 2.16. The van der Waals surface area contributed by atoms with Crippen molar-refractivity contribution in [1.82, 2.24) is 4.90 Å². The Bertz CT molecular complexity index is 809. The molecule has 2 rings (SSSR count). The molecule has 29 heavy (non-hydrogen) atoms. The summed E-state index contributed by atoms with van der Waals surface area (Å²) in [5.74, 6) is -5.24. The van der Waals surface area contributed by atoms with E-state index >= 15 is 0 Å². The number of hydrogen-bond acceptors (Lipinski definition) is 3. The second-order valence-corrected chi connectivity index (χ2v) is 6.42. The van der Waals surface area contributed by atoms with E-state index in [1.807, 2.05) is 6.92 Å². The Kier molecular flexibility index (Phi) is 8.14. The summed E-state index contributed by atoms with van der Waals surface area (Å²) in [5.41, 5.74) is 0.186. The lowest BCUT2D eigenvalue weighted by atomic mass is 10.2. The monoisotopic (exact) mass is 411 g/mol. The lowest BCUT2D eigenvalue weighted by Crippen LogP contribution is -2.39. The van der Waals surface area contributed by atoms with Crippen LogP contribution in [0, 0.1) is 23.3 Å². The van der Waals surface area contributed by atoms with Crippen molar-refractivity contribution >= 4 is 23.2 Å². The molecule has 0 aliphatic rings. The zero-order chi connectivity index (χ0) is 21.4. The Morgan fingerprint density at radius 1 is 0.793 bits per heavy atom. The van der Waals surface area contributed by atoms with Crippen molar-refractivity contribution in [3.63, 3.8) is 0 Å². The molecule has 2 aromatic rings. The SMILES string of the molecule is CCCCN(CC(=O)Nc1ccc(F)c(F)c1)CC(=O)Nc1ccc(F)c(F)c1. The van der Waals surface area contributed by atoms with Crippen LogP contribution in [0.15, 0.2) is 36.4 Å². The maximum absolute atomic E-state index is 13.3. The summed E-state index contributed by atoms with van der Waals surface area (Å²) in [7, 11) is 0. The second kappa shape index (κ2) is 10.6. The summed E-state index contributed by atoms with van der Waals surface area (Å²) in [6.45, 7) is 2.06. The van der Waals surface area contributed by atoms with Gasteiger partial charge in [-0.3, -0.25) is 14.5 Å². The van der Waals surface area contributed by atoms with E-state index in [-0.39, 0.29) is 24.5 Å². The Morgan fingerprint density at radius 2 is 1.24 bits per heavy atom. The molecule has 0 heterocycles. The Hall–Kier alpha value is -2.94. The summed E-state index contributed by atoms with van der Waals surface area (Å²) in [6, 6.07) is 5.97. The van der Waals surface area contributed by atoms with Crippen LogP contribution in [-0.4, -0.2) is 36.3 Å². The first-order chi connectivity index (χ1) is 13.8. The van der Waals surface area contributed by atoms with Crippen LogP contribution in [0.25, 0.3) is 0 Å². The molecule has 0 bridgehead atoms. The maximum Gasteiger partial charge on any atom is 0.238 e. The number of hydrogen-bond donors (Lipinski definition) is 2. The highest BCUT2D eigenvalue weighted by molar-refractivity contribution is 5.94. The summed E-state index contributed by atoms with van der Waals surface area (Å²) in [5, 5.41) is 4.89. The molecule has 5 nitrogen and oxygen atoms in total. The third-order valence-electron chi connectivity index (χ3n) is 3.97. The van der Waals surface area contributed by atoms with Crippen LogP contribution >= 0.6 is 0 Å². The van der Waals surface area contributed by atoms with E-state index in [9.17, 15) is 27.2 Å². The van der Waals surface area contributed by atoms with Crippen LogP contribution in [0.3, 0.4) is 0 Å². The molecule has 0 saturated heterocycles. The minimum Gasteiger partial charge on any atom is -0.325 e. The fraction of sp³-hybridized carbons (Fsp3) is 0.300. The van der Waals surface area contributed by atoms with Gasteiger partial charge >= 0.3 is 0 Å². The molecule has 0 unspecified atom stereocenters. The van der Waals surface area contributed by atoms with Crippen molar-refractivity contribution in [2.75, 3.05) is 30.3 Å². The summed E-state index contributed by atoms with van der Waals surface area (Å²) < 4.78 is 52.4. The van der Waals surface area contributed by atoms with Gasteiger partial charge in [-0.05, 0) is 37.2 Å². The summed E-state index contributed by atoms with van der Waals surface area (Å²) in [4.78, 5) is 26.0. The van der Waals surface area contributed by atoms with E-state index < -0.39 is 35.1 Å². The number of halogens is 4. The normalized spacial score (nSPS) is 10.8. The van der Waals surface area contributed by atoms with Crippen LogP contribution in [0.4, 0.5) is 28.9 Å². The highest BCUT2D eigenvalue weighted by Crippen LogP contribution is 2.14. The van der Waals surface area contributed by atoms with Crippen LogP contribution in [0.2, 0.25) is 0 Å². The first-order valence-corrected chi connectivity index (χ1v) is 9.00. The number of amides is 2. The van der Waals surface area contributed by atoms with Crippen molar-refractivity contribution in [3.05, 3.63) is 59.7 Å². The molecule has 9 heteroatoms. The second-order valence-electron chi connectivity index (χ2n) is 6.42. The zero-order valence-corrected chi connectivity index (χ0v) is 15.8. The number of nitrogens with one attached hydrogen (secondary N) is 2. The van der Waals surface area contributed by atoms with Gasteiger partial charge in [-0.25, -0.2) is 17.6 Å². The number of anilines is 2. The van der Waals surface area contributed by atoms with Crippen LogP contribution in [-0.2, 0) is 9.59 Å². The average molecular weight is 411 g/mol. The summed E-state index contributed by atoms with van der Waals surface area (Å²) in [6.07, 6.45) is 1.54. The predicted molar refractivity (Wildman–Crippen MR) is 101 cm³/mol. The predicted octanol–water partition coefficient (Wildman–Crippen LogP) is 3.92. The standard InChI is InChI=1S/C20H21F4N3O2/c1-2-3-8-27(11-19(28)25-13-4-6-15(21)17(23)9-13)12-20(29)26-14-5-7-16(22)18(24)10-14/h4-7,9-10H,2-3,8,11-12H2,1H3,(H,25,28)(H,26,29). The summed E-state index contributed by atoms with van der Waals surface area (Å²) >= 11 is 0. The van der Waals surface area contributed by atoms with Gasteiger partial charge < -0.3 is 10.6 Å². The van der Waals surface area contributed by atoms with Gasteiger partial charge in [0.2, 0.25) is 11.8 Å². The fourth-order valence-electron chi connectivity index (χ4n) is 2.55. The van der Waals surface area contributed by atoms with Gasteiger partial charge in [0.05, 0.1) is 13.1 Å². The average Bonchev–Trinajstić information content (AvgIpc) is 2.65. The Morgan fingerprint density at radius 3 is 1.62 bits per heavy atom. The molecule has 0 atom stereocenters. The molecule has 2 aromatic carbocycles. The number of rotatable bonds is 9. The third kappa shape index (κ3) is 7.19. The van der Waals surface area contributed by atoms with E-state index in [1.54, 1.807) is 4.90 Å². The smallest absolute Gasteiger partial charge is 0.238 e. The molecular formula is C20H21F4N3O2. The van der Waals surface area contributed by atoms with Crippen molar-refractivity contribution in [3.8, 4) is 0 Å². The van der Waals surface area contributed by atoms with Crippen molar-refractivity contribution in [2.24, 2.45) is 0 Å². The quantitative estimate of drug-likeness (QED) is 0.615. The third-order valence-corrected chi connectivity index (χ3v) is 3.97. The van der Waals surface area contributed by atoms with Gasteiger partial charge in [-0.2, -0.15) is 0 Å². The van der Waals surface area contributed by atoms with Crippen LogP contribution in [0.5, 0.6) is 0 Å². The lowest BCUT2D eigenvalue weighted by molar-refractivity contribution is -0.120. The molecule has 0 spiro atoms. The zero-order valence-electron chi connectivity index (χ0n) is 15.8. The van der Waals surface area contributed by atoms with Crippen molar-refractivity contribution in [2.45, 2.75) is 19.8 Å². The minimum atomic E-state index is -1.09. The van der Waals surface area contributed by atoms with E-state index in [2.05, 4.69) is 10.6 Å². The molecule has 2 amide bonds. The minimum absolute atomic E-state index is 0.0931. The van der Waals surface area contributed by atoms with Crippen LogP contribution < -0.4 is 10.6 Å². The number of nitrogens with zero attached hydrogens (tertiary/aromatic N) is 1. The first-order valence-electron chi connectivity index (χ1n) is 9.00. The van der Waals surface area contributed by atoms with Gasteiger partial charge in [0, 0.05) is 23.5 Å². The molecule has 2 N–H and O–H groups in total. The Balaban J connectivity index is 1.96. The van der Waals surface area contributed by atoms with Crippen molar-refractivity contribution < 1.29 is 27.2 Å². The molecule has 0 fully saturated rings. The molecule has 0 aliphatic carbocycles. The number of unbranched alkanes of at least 4 members (excludes halogenated alkanes) is 1. The number of carbonyl (C=O) groups is 2. The first kappa shape index (κ1) is 22.4. The molecule has 156 valence electrons. The van der Waals surface area contributed by atoms with Crippen LogP contribution in [0.1, 0.15) is 19.8 Å². The number of benzene rings is 2. The molecule has 0 aliphatic heterocycles. The molecule has 0 saturated carbocycles. The number of carbonyl (C=O) groups excluding carboxylic acids is 2. The van der Waals surface area contributed by atoms with Gasteiger partial charge in [0.25, 0.3) is 0 Å².